The van der Waals surface area contributed by atoms with Crippen molar-refractivity contribution in [2.24, 2.45) is 11.8 Å². The molecule has 1 aromatic rings. The molecule has 0 aliphatic heterocycles. The lowest BCUT2D eigenvalue weighted by molar-refractivity contribution is 0.550. The van der Waals surface area contributed by atoms with Crippen LogP contribution in [0.4, 0.5) is 5.69 Å². The van der Waals surface area contributed by atoms with Gasteiger partial charge in [0.05, 0.1) is 11.9 Å². The highest BCUT2D eigenvalue weighted by atomic mass is 15.2. The predicted molar refractivity (Wildman–Crippen MR) is 86.0 cm³/mol. The van der Waals surface area contributed by atoms with Gasteiger partial charge < -0.3 is 10.2 Å². The molecule has 2 rings (SSSR count). The molecule has 0 bridgehead atoms. The lowest BCUT2D eigenvalue weighted by Gasteiger charge is -2.28. The fourth-order valence-corrected chi connectivity index (χ4v) is 2.54. The molecule has 1 heterocycles. The van der Waals surface area contributed by atoms with Gasteiger partial charge in [0.25, 0.3) is 0 Å². The van der Waals surface area contributed by atoms with Crippen LogP contribution in [0.1, 0.15) is 46.1 Å². The van der Waals surface area contributed by atoms with Gasteiger partial charge in [0.1, 0.15) is 0 Å². The van der Waals surface area contributed by atoms with E-state index in [4.69, 9.17) is 0 Å². The molecule has 0 aromatic carbocycles. The Morgan fingerprint density at radius 1 is 1.25 bits per heavy atom. The third-order valence-electron chi connectivity index (χ3n) is 3.61. The van der Waals surface area contributed by atoms with Crippen molar-refractivity contribution in [1.82, 2.24) is 10.3 Å². The Balaban J connectivity index is 2.08. The van der Waals surface area contributed by atoms with Crippen LogP contribution in [0.25, 0.3) is 0 Å². The second-order valence-electron chi connectivity index (χ2n) is 6.81. The minimum Gasteiger partial charge on any atom is -0.367 e. The van der Waals surface area contributed by atoms with E-state index in [0.717, 1.165) is 25.7 Å². The summed E-state index contributed by atoms with van der Waals surface area (Å²) < 4.78 is 0. The zero-order valence-electron chi connectivity index (χ0n) is 13.4. The lowest BCUT2D eigenvalue weighted by atomic mass is 10.1. The Hall–Kier alpha value is -1.09. The minimum atomic E-state index is 0.687. The summed E-state index contributed by atoms with van der Waals surface area (Å²) in [6, 6.07) is 2.91. The summed E-state index contributed by atoms with van der Waals surface area (Å²) in [6.07, 6.45) is 6.63. The van der Waals surface area contributed by atoms with E-state index in [9.17, 15) is 0 Å². The molecule has 20 heavy (non-hydrogen) atoms. The molecule has 3 heteroatoms. The SMILES string of the molecule is CC(C)CNCc1ccncc1N(CC(C)C)C1CC1. The zero-order chi connectivity index (χ0) is 14.5. The second kappa shape index (κ2) is 7.07. The number of hydrogen-bond donors (Lipinski definition) is 1. The summed E-state index contributed by atoms with van der Waals surface area (Å²) in [7, 11) is 0. The van der Waals surface area contributed by atoms with E-state index in [1.807, 2.05) is 12.4 Å². The van der Waals surface area contributed by atoms with Crippen molar-refractivity contribution in [1.29, 1.82) is 0 Å². The summed E-state index contributed by atoms with van der Waals surface area (Å²) in [5.41, 5.74) is 2.72. The molecule has 0 atom stereocenters. The van der Waals surface area contributed by atoms with Crippen LogP contribution in [0.5, 0.6) is 0 Å². The predicted octanol–water partition coefficient (Wildman–Crippen LogP) is 3.45. The largest absolute Gasteiger partial charge is 0.367 e. The number of nitrogens with one attached hydrogen (secondary N) is 1. The first kappa shape index (κ1) is 15.3. The van der Waals surface area contributed by atoms with E-state index in [0.29, 0.717) is 11.8 Å². The Morgan fingerprint density at radius 2 is 2.00 bits per heavy atom. The summed E-state index contributed by atoms with van der Waals surface area (Å²) in [6.45, 7) is 12.2. The molecule has 0 spiro atoms. The van der Waals surface area contributed by atoms with Crippen LogP contribution in [0.2, 0.25) is 0 Å². The Kier molecular flexibility index (Phi) is 5.41. The summed E-state index contributed by atoms with van der Waals surface area (Å²) in [4.78, 5) is 6.93. The van der Waals surface area contributed by atoms with Crippen molar-refractivity contribution in [2.75, 3.05) is 18.0 Å². The van der Waals surface area contributed by atoms with Crippen LogP contribution in [-0.2, 0) is 6.54 Å². The maximum absolute atomic E-state index is 4.36. The monoisotopic (exact) mass is 275 g/mol. The molecular formula is C17H29N3. The highest BCUT2D eigenvalue weighted by Gasteiger charge is 2.30. The van der Waals surface area contributed by atoms with Crippen molar-refractivity contribution >= 4 is 5.69 Å². The maximum atomic E-state index is 4.36. The van der Waals surface area contributed by atoms with Gasteiger partial charge >= 0.3 is 0 Å². The average Bonchev–Trinajstić information content (AvgIpc) is 3.20. The van der Waals surface area contributed by atoms with Crippen LogP contribution < -0.4 is 10.2 Å². The molecule has 1 aliphatic rings. The van der Waals surface area contributed by atoms with Gasteiger partial charge in [0.15, 0.2) is 0 Å². The number of pyridine rings is 1. The molecule has 1 saturated carbocycles. The van der Waals surface area contributed by atoms with E-state index < -0.39 is 0 Å². The molecule has 0 radical (unpaired) electrons. The molecule has 1 fully saturated rings. The van der Waals surface area contributed by atoms with Gasteiger partial charge in [0, 0.05) is 25.3 Å². The van der Waals surface area contributed by atoms with Gasteiger partial charge in [-0.25, -0.2) is 0 Å². The molecule has 1 aromatic heterocycles. The summed E-state index contributed by atoms with van der Waals surface area (Å²) in [5, 5.41) is 3.55. The van der Waals surface area contributed by atoms with Crippen molar-refractivity contribution in [3.63, 3.8) is 0 Å². The van der Waals surface area contributed by atoms with Crippen molar-refractivity contribution in [3.05, 3.63) is 24.0 Å². The molecule has 0 amide bonds. The van der Waals surface area contributed by atoms with Gasteiger partial charge in [-0.3, -0.25) is 4.98 Å². The lowest BCUT2D eigenvalue weighted by Crippen LogP contribution is -2.31. The van der Waals surface area contributed by atoms with Gasteiger partial charge in [-0.1, -0.05) is 27.7 Å². The van der Waals surface area contributed by atoms with Crippen LogP contribution in [0.15, 0.2) is 18.5 Å². The summed E-state index contributed by atoms with van der Waals surface area (Å²) >= 11 is 0. The fourth-order valence-electron chi connectivity index (χ4n) is 2.54. The standard InChI is InChI=1S/C17H29N3/c1-13(2)9-19-10-15-7-8-18-11-17(15)20(12-14(3)4)16-5-6-16/h7-8,11,13-14,16,19H,5-6,9-10,12H2,1-4H3. The Morgan fingerprint density at radius 3 is 2.60 bits per heavy atom. The van der Waals surface area contributed by atoms with E-state index in [1.54, 1.807) is 0 Å². The zero-order valence-corrected chi connectivity index (χ0v) is 13.4. The van der Waals surface area contributed by atoms with Crippen molar-refractivity contribution in [2.45, 2.75) is 53.1 Å². The van der Waals surface area contributed by atoms with E-state index in [1.165, 1.54) is 24.1 Å². The quantitative estimate of drug-likeness (QED) is 0.787. The van der Waals surface area contributed by atoms with Gasteiger partial charge in [-0.05, 0) is 42.9 Å². The van der Waals surface area contributed by atoms with Gasteiger partial charge in [0.2, 0.25) is 0 Å². The first-order valence-corrected chi connectivity index (χ1v) is 7.98. The van der Waals surface area contributed by atoms with Crippen molar-refractivity contribution in [3.8, 4) is 0 Å². The molecule has 3 nitrogen and oxygen atoms in total. The van der Waals surface area contributed by atoms with Gasteiger partial charge in [-0.15, -0.1) is 0 Å². The van der Waals surface area contributed by atoms with Crippen LogP contribution in [-0.4, -0.2) is 24.1 Å². The first-order chi connectivity index (χ1) is 9.58. The van der Waals surface area contributed by atoms with Crippen LogP contribution >= 0.6 is 0 Å². The fraction of sp³-hybridized carbons (Fsp3) is 0.706. The van der Waals surface area contributed by atoms with Gasteiger partial charge in [-0.2, -0.15) is 0 Å². The molecule has 1 N–H and O–H groups in total. The Labute approximate surface area is 123 Å². The molecule has 0 saturated heterocycles. The first-order valence-electron chi connectivity index (χ1n) is 7.98. The number of aromatic nitrogens is 1. The average molecular weight is 275 g/mol. The number of nitrogens with zero attached hydrogens (tertiary/aromatic N) is 2. The number of rotatable bonds is 8. The Bertz CT molecular complexity index is 410. The summed E-state index contributed by atoms with van der Waals surface area (Å²) in [5.74, 6) is 1.38. The molecule has 112 valence electrons. The molecule has 1 aliphatic carbocycles. The van der Waals surface area contributed by atoms with E-state index in [-0.39, 0.29) is 0 Å². The van der Waals surface area contributed by atoms with E-state index >= 15 is 0 Å². The van der Waals surface area contributed by atoms with Crippen LogP contribution in [0, 0.1) is 11.8 Å². The smallest absolute Gasteiger partial charge is 0.0600 e. The topological polar surface area (TPSA) is 28.2 Å². The molecular weight excluding hydrogens is 246 g/mol. The van der Waals surface area contributed by atoms with Crippen molar-refractivity contribution < 1.29 is 0 Å². The highest BCUT2D eigenvalue weighted by molar-refractivity contribution is 5.53. The number of anilines is 1. The maximum Gasteiger partial charge on any atom is 0.0600 e. The normalized spacial score (nSPS) is 15.1. The van der Waals surface area contributed by atoms with Crippen LogP contribution in [0.3, 0.4) is 0 Å². The highest BCUT2D eigenvalue weighted by Crippen LogP contribution is 2.33. The third kappa shape index (κ3) is 4.48. The number of hydrogen-bond acceptors (Lipinski definition) is 3. The third-order valence-corrected chi connectivity index (χ3v) is 3.61. The molecule has 0 unspecified atom stereocenters. The minimum absolute atomic E-state index is 0.687. The second-order valence-corrected chi connectivity index (χ2v) is 6.81. The van der Waals surface area contributed by atoms with E-state index in [2.05, 4.69) is 49.0 Å².